The van der Waals surface area contributed by atoms with Gasteiger partial charge in [-0.3, -0.25) is 0 Å². The van der Waals surface area contributed by atoms with E-state index in [0.717, 1.165) is 49.0 Å². The molecule has 0 N–H and O–H groups in total. The minimum atomic E-state index is -0.510. The average molecular weight is 484 g/mol. The number of para-hydroxylation sites is 1. The van der Waals surface area contributed by atoms with Crippen LogP contribution in [0.3, 0.4) is 0 Å². The number of unbranched alkanes of at least 4 members (excludes halogenated alkanes) is 4. The molecule has 0 aliphatic carbocycles. The number of benzene rings is 3. The molecule has 0 saturated carbocycles. The lowest BCUT2D eigenvalue weighted by Gasteiger charge is -2.09. The highest BCUT2D eigenvalue weighted by atomic mass is 16.5. The molecule has 0 aromatic heterocycles. The Labute approximate surface area is 211 Å². The number of hydrogen-bond acceptors (Lipinski definition) is 6. The first-order valence-corrected chi connectivity index (χ1v) is 11.9. The highest BCUT2D eigenvalue weighted by Crippen LogP contribution is 2.24. The highest BCUT2D eigenvalue weighted by Gasteiger charge is 2.11. The third-order valence-corrected chi connectivity index (χ3v) is 5.49. The van der Waals surface area contributed by atoms with E-state index in [-0.39, 0.29) is 11.7 Å². The summed E-state index contributed by atoms with van der Waals surface area (Å²) in [5, 5.41) is 9.15. The van der Waals surface area contributed by atoms with Crippen molar-refractivity contribution >= 4 is 11.9 Å². The topological polar surface area (TPSA) is 85.6 Å². The van der Waals surface area contributed by atoms with Crippen LogP contribution in [0.5, 0.6) is 11.5 Å². The fourth-order valence-electron chi connectivity index (χ4n) is 3.51. The van der Waals surface area contributed by atoms with Gasteiger partial charge in [0.2, 0.25) is 0 Å². The van der Waals surface area contributed by atoms with E-state index in [1.165, 1.54) is 6.08 Å². The van der Waals surface area contributed by atoms with Crippen LogP contribution in [0.25, 0.3) is 11.1 Å². The number of nitrogens with zero attached hydrogens (tertiary/aromatic N) is 1. The van der Waals surface area contributed by atoms with E-state index in [2.05, 4.69) is 6.58 Å². The van der Waals surface area contributed by atoms with Crippen LogP contribution >= 0.6 is 0 Å². The second kappa shape index (κ2) is 14.1. The number of esters is 2. The standard InChI is InChI=1S/C30H29NO5/c1-2-29(32)35-21-9-5-3-4-8-20-34-27-18-16-24(17-19-27)23-12-14-25(15-13-23)30(33)36-28-11-7-6-10-26(28)22-31/h2,6-7,10-19H,1,3-5,8-9,20-21H2. The summed E-state index contributed by atoms with van der Waals surface area (Å²) in [7, 11) is 0. The number of ether oxygens (including phenoxy) is 3. The molecule has 6 heteroatoms. The van der Waals surface area contributed by atoms with Crippen molar-refractivity contribution < 1.29 is 23.8 Å². The molecule has 0 aliphatic heterocycles. The molecule has 0 amide bonds. The van der Waals surface area contributed by atoms with Crippen LogP contribution in [0.2, 0.25) is 0 Å². The molecule has 0 bridgehead atoms. The van der Waals surface area contributed by atoms with Gasteiger partial charge in [-0.05, 0) is 60.4 Å². The van der Waals surface area contributed by atoms with Gasteiger partial charge in [-0.15, -0.1) is 0 Å². The van der Waals surface area contributed by atoms with Gasteiger partial charge in [-0.2, -0.15) is 5.26 Å². The molecular weight excluding hydrogens is 454 g/mol. The van der Waals surface area contributed by atoms with Crippen molar-refractivity contribution in [2.24, 2.45) is 0 Å². The van der Waals surface area contributed by atoms with Crippen LogP contribution in [0, 0.1) is 11.3 Å². The first-order chi connectivity index (χ1) is 17.6. The summed E-state index contributed by atoms with van der Waals surface area (Å²) in [4.78, 5) is 23.4. The minimum Gasteiger partial charge on any atom is -0.494 e. The molecule has 6 nitrogen and oxygen atoms in total. The van der Waals surface area contributed by atoms with E-state index in [9.17, 15) is 9.59 Å². The Hall–Kier alpha value is -4.37. The number of carbonyl (C=O) groups is 2. The highest BCUT2D eigenvalue weighted by molar-refractivity contribution is 5.92. The zero-order valence-electron chi connectivity index (χ0n) is 20.2. The van der Waals surface area contributed by atoms with Gasteiger partial charge in [0.25, 0.3) is 0 Å². The van der Waals surface area contributed by atoms with Crippen molar-refractivity contribution in [3.63, 3.8) is 0 Å². The third kappa shape index (κ3) is 8.14. The molecule has 0 spiro atoms. The molecule has 0 fully saturated rings. The summed E-state index contributed by atoms with van der Waals surface area (Å²) >= 11 is 0. The van der Waals surface area contributed by atoms with Crippen molar-refractivity contribution in [1.29, 1.82) is 5.26 Å². The van der Waals surface area contributed by atoms with Gasteiger partial charge in [-0.1, -0.05) is 62.2 Å². The smallest absolute Gasteiger partial charge is 0.343 e. The van der Waals surface area contributed by atoms with Gasteiger partial charge < -0.3 is 14.2 Å². The molecular formula is C30H29NO5. The van der Waals surface area contributed by atoms with Crippen LogP contribution in [-0.4, -0.2) is 25.2 Å². The molecule has 0 unspecified atom stereocenters. The molecule has 3 aromatic rings. The molecule has 3 aromatic carbocycles. The Kier molecular flexibility index (Phi) is 10.3. The molecule has 0 radical (unpaired) electrons. The lowest BCUT2D eigenvalue weighted by Crippen LogP contribution is -2.09. The summed E-state index contributed by atoms with van der Waals surface area (Å²) < 4.78 is 16.2. The first-order valence-electron chi connectivity index (χ1n) is 11.9. The predicted octanol–water partition coefficient (Wildman–Crippen LogP) is 6.50. The van der Waals surface area contributed by atoms with E-state index >= 15 is 0 Å². The predicted molar refractivity (Wildman–Crippen MR) is 138 cm³/mol. The second-order valence-electron chi connectivity index (χ2n) is 8.09. The normalized spacial score (nSPS) is 10.2. The molecule has 36 heavy (non-hydrogen) atoms. The molecule has 184 valence electrons. The average Bonchev–Trinajstić information content (AvgIpc) is 2.92. The van der Waals surface area contributed by atoms with E-state index in [4.69, 9.17) is 19.5 Å². The van der Waals surface area contributed by atoms with Crippen molar-refractivity contribution in [2.45, 2.75) is 32.1 Å². The number of hydrogen-bond donors (Lipinski definition) is 0. The number of carbonyl (C=O) groups excluding carboxylic acids is 2. The van der Waals surface area contributed by atoms with Gasteiger partial charge in [0, 0.05) is 6.08 Å². The Morgan fingerprint density at radius 2 is 1.42 bits per heavy atom. The van der Waals surface area contributed by atoms with Crippen LogP contribution in [0.15, 0.2) is 85.5 Å². The Morgan fingerprint density at radius 1 is 0.806 bits per heavy atom. The lowest BCUT2D eigenvalue weighted by molar-refractivity contribution is -0.137. The van der Waals surface area contributed by atoms with Crippen molar-refractivity contribution in [3.8, 4) is 28.7 Å². The van der Waals surface area contributed by atoms with E-state index in [1.807, 2.05) is 42.5 Å². The quantitative estimate of drug-likeness (QED) is 0.119. The Balaban J connectivity index is 1.40. The fraction of sp³-hybridized carbons (Fsp3) is 0.233. The maximum atomic E-state index is 12.5. The summed E-state index contributed by atoms with van der Waals surface area (Å²) in [6, 6.07) is 23.6. The lowest BCUT2D eigenvalue weighted by atomic mass is 10.0. The zero-order chi connectivity index (χ0) is 25.6. The van der Waals surface area contributed by atoms with Crippen LogP contribution in [0.1, 0.15) is 48.0 Å². The van der Waals surface area contributed by atoms with Crippen LogP contribution in [-0.2, 0) is 9.53 Å². The Morgan fingerprint density at radius 3 is 2.08 bits per heavy atom. The number of nitriles is 1. The van der Waals surface area contributed by atoms with Gasteiger partial charge in [0.15, 0.2) is 0 Å². The second-order valence-corrected chi connectivity index (χ2v) is 8.09. The van der Waals surface area contributed by atoms with Gasteiger partial charge in [0.05, 0.1) is 24.3 Å². The zero-order valence-corrected chi connectivity index (χ0v) is 20.2. The first kappa shape index (κ1) is 26.2. The fourth-order valence-corrected chi connectivity index (χ4v) is 3.51. The largest absolute Gasteiger partial charge is 0.494 e. The van der Waals surface area contributed by atoms with Crippen molar-refractivity contribution in [2.75, 3.05) is 13.2 Å². The maximum Gasteiger partial charge on any atom is 0.343 e. The summed E-state index contributed by atoms with van der Waals surface area (Å²) in [6.45, 7) is 4.46. The number of rotatable bonds is 13. The van der Waals surface area contributed by atoms with E-state index in [1.54, 1.807) is 36.4 Å². The molecule has 0 heterocycles. The summed E-state index contributed by atoms with van der Waals surface area (Å²) in [5.41, 5.74) is 2.70. The van der Waals surface area contributed by atoms with Gasteiger partial charge in [-0.25, -0.2) is 9.59 Å². The van der Waals surface area contributed by atoms with Gasteiger partial charge in [0.1, 0.15) is 17.6 Å². The maximum absolute atomic E-state index is 12.5. The van der Waals surface area contributed by atoms with Crippen LogP contribution < -0.4 is 9.47 Å². The van der Waals surface area contributed by atoms with Crippen LogP contribution in [0.4, 0.5) is 0 Å². The van der Waals surface area contributed by atoms with Crippen molar-refractivity contribution in [1.82, 2.24) is 0 Å². The van der Waals surface area contributed by atoms with E-state index < -0.39 is 5.97 Å². The minimum absolute atomic E-state index is 0.246. The molecule has 0 saturated heterocycles. The summed E-state index contributed by atoms with van der Waals surface area (Å²) in [5.74, 6) is 0.178. The summed E-state index contributed by atoms with van der Waals surface area (Å²) in [6.07, 6.45) is 6.15. The third-order valence-electron chi connectivity index (χ3n) is 5.49. The molecule has 3 rings (SSSR count). The molecule has 0 atom stereocenters. The van der Waals surface area contributed by atoms with Crippen molar-refractivity contribution in [3.05, 3.63) is 96.6 Å². The molecule has 0 aliphatic rings. The monoisotopic (exact) mass is 483 g/mol. The van der Waals surface area contributed by atoms with E-state index in [0.29, 0.717) is 24.3 Å². The van der Waals surface area contributed by atoms with Gasteiger partial charge >= 0.3 is 11.9 Å². The SMILES string of the molecule is C=CC(=O)OCCCCCCCOc1ccc(-c2ccc(C(=O)Oc3ccccc3C#N)cc2)cc1. The Bertz CT molecular complexity index is 1190.